The molecule has 1 aromatic carbocycles. The molecule has 32 heavy (non-hydrogen) atoms. The SMILES string of the molecule is CCc1nc2ccc(CN3CC(Oc4ccc(C(=O)NC5CC5)nc4)C3)c(C)c2[nH]c1=O. The molecule has 2 fully saturated rings. The molecule has 166 valence electrons. The van der Waals surface area contributed by atoms with E-state index in [1.54, 1.807) is 18.3 Å². The van der Waals surface area contributed by atoms with Gasteiger partial charge in [-0.1, -0.05) is 13.0 Å². The summed E-state index contributed by atoms with van der Waals surface area (Å²) >= 11 is 0. The molecule has 1 saturated heterocycles. The Morgan fingerprint density at radius 3 is 2.75 bits per heavy atom. The molecular formula is C24H27N5O3. The first-order chi connectivity index (χ1) is 15.5. The van der Waals surface area contributed by atoms with Crippen molar-refractivity contribution in [2.75, 3.05) is 13.1 Å². The van der Waals surface area contributed by atoms with Gasteiger partial charge in [0, 0.05) is 25.7 Å². The number of rotatable bonds is 7. The van der Waals surface area contributed by atoms with Gasteiger partial charge >= 0.3 is 0 Å². The molecule has 0 radical (unpaired) electrons. The summed E-state index contributed by atoms with van der Waals surface area (Å²) in [6.07, 6.45) is 4.44. The lowest BCUT2D eigenvalue weighted by Crippen LogP contribution is -2.53. The van der Waals surface area contributed by atoms with Gasteiger partial charge in [-0.3, -0.25) is 14.5 Å². The predicted molar refractivity (Wildman–Crippen MR) is 121 cm³/mol. The van der Waals surface area contributed by atoms with E-state index in [0.29, 0.717) is 29.6 Å². The fourth-order valence-electron chi connectivity index (χ4n) is 4.02. The van der Waals surface area contributed by atoms with E-state index in [9.17, 15) is 9.59 Å². The number of benzene rings is 1. The number of hydrogen-bond acceptors (Lipinski definition) is 6. The van der Waals surface area contributed by atoms with Gasteiger partial charge < -0.3 is 15.0 Å². The van der Waals surface area contributed by atoms with Gasteiger partial charge in [-0.15, -0.1) is 0 Å². The normalized spacial score (nSPS) is 16.7. The van der Waals surface area contributed by atoms with Crippen LogP contribution in [0.5, 0.6) is 5.75 Å². The lowest BCUT2D eigenvalue weighted by molar-refractivity contribution is 0.0142. The number of H-pyrrole nitrogens is 1. The van der Waals surface area contributed by atoms with Gasteiger partial charge in [-0.05, 0) is 55.5 Å². The molecular weight excluding hydrogens is 406 g/mol. The number of nitrogens with zero attached hydrogens (tertiary/aromatic N) is 3. The number of hydrogen-bond donors (Lipinski definition) is 2. The van der Waals surface area contributed by atoms with Crippen LogP contribution in [0.4, 0.5) is 0 Å². The molecule has 1 amide bonds. The first-order valence-corrected chi connectivity index (χ1v) is 11.2. The van der Waals surface area contributed by atoms with Crippen LogP contribution in [0.15, 0.2) is 35.3 Å². The Morgan fingerprint density at radius 2 is 2.06 bits per heavy atom. The molecule has 0 atom stereocenters. The summed E-state index contributed by atoms with van der Waals surface area (Å²) in [5.41, 5.74) is 4.75. The molecule has 1 saturated carbocycles. The monoisotopic (exact) mass is 433 g/mol. The number of aromatic amines is 1. The van der Waals surface area contributed by atoms with E-state index in [1.807, 2.05) is 19.9 Å². The lowest BCUT2D eigenvalue weighted by atomic mass is 10.0. The van der Waals surface area contributed by atoms with Crippen LogP contribution < -0.4 is 15.6 Å². The number of carbonyl (C=O) groups excluding carboxylic acids is 1. The first-order valence-electron chi connectivity index (χ1n) is 11.2. The molecule has 1 aliphatic heterocycles. The first kappa shape index (κ1) is 20.6. The summed E-state index contributed by atoms with van der Waals surface area (Å²) in [7, 11) is 0. The van der Waals surface area contributed by atoms with Crippen molar-refractivity contribution in [2.45, 2.75) is 51.8 Å². The maximum Gasteiger partial charge on any atom is 0.270 e. The molecule has 8 nitrogen and oxygen atoms in total. The quantitative estimate of drug-likeness (QED) is 0.593. The molecule has 2 aromatic heterocycles. The summed E-state index contributed by atoms with van der Waals surface area (Å²) in [4.78, 5) is 38.2. The molecule has 8 heteroatoms. The van der Waals surface area contributed by atoms with E-state index in [4.69, 9.17) is 4.74 Å². The number of fused-ring (bicyclic) bond motifs is 1. The lowest BCUT2D eigenvalue weighted by Gasteiger charge is -2.39. The topological polar surface area (TPSA) is 100 Å². The van der Waals surface area contributed by atoms with Crippen molar-refractivity contribution in [3.63, 3.8) is 0 Å². The van der Waals surface area contributed by atoms with Crippen LogP contribution in [-0.4, -0.2) is 51.0 Å². The van der Waals surface area contributed by atoms with Gasteiger partial charge in [0.25, 0.3) is 11.5 Å². The van der Waals surface area contributed by atoms with Crippen LogP contribution in [-0.2, 0) is 13.0 Å². The fraction of sp³-hybridized carbons (Fsp3) is 0.417. The summed E-state index contributed by atoms with van der Waals surface area (Å²) < 4.78 is 5.99. The number of likely N-dealkylation sites (tertiary alicyclic amines) is 1. The van der Waals surface area contributed by atoms with Crippen LogP contribution in [0.25, 0.3) is 11.0 Å². The van der Waals surface area contributed by atoms with E-state index in [2.05, 4.69) is 31.2 Å². The molecule has 0 bridgehead atoms. The summed E-state index contributed by atoms with van der Waals surface area (Å²) in [5.74, 6) is 0.553. The Kier molecular flexibility index (Phi) is 5.38. The largest absolute Gasteiger partial charge is 0.486 e. The number of carbonyl (C=O) groups is 1. The predicted octanol–water partition coefficient (Wildman–Crippen LogP) is 2.34. The van der Waals surface area contributed by atoms with Gasteiger partial charge in [-0.25, -0.2) is 9.97 Å². The Balaban J connectivity index is 1.17. The molecule has 0 spiro atoms. The second kappa shape index (κ2) is 8.35. The maximum atomic E-state index is 12.2. The zero-order valence-corrected chi connectivity index (χ0v) is 18.4. The van der Waals surface area contributed by atoms with Crippen molar-refractivity contribution < 1.29 is 9.53 Å². The number of ether oxygens (including phenoxy) is 1. The molecule has 1 aliphatic carbocycles. The minimum atomic E-state index is -0.123. The van der Waals surface area contributed by atoms with E-state index < -0.39 is 0 Å². The highest BCUT2D eigenvalue weighted by Gasteiger charge is 2.29. The number of nitrogens with one attached hydrogen (secondary N) is 2. The number of aromatic nitrogens is 3. The second-order valence-electron chi connectivity index (χ2n) is 8.67. The minimum Gasteiger partial charge on any atom is -0.486 e. The van der Waals surface area contributed by atoms with E-state index >= 15 is 0 Å². The van der Waals surface area contributed by atoms with Gasteiger partial charge in [0.2, 0.25) is 0 Å². The fourth-order valence-corrected chi connectivity index (χ4v) is 4.02. The third-order valence-corrected chi connectivity index (χ3v) is 6.15. The third-order valence-electron chi connectivity index (χ3n) is 6.15. The average molecular weight is 434 g/mol. The van der Waals surface area contributed by atoms with Crippen LogP contribution in [0, 0.1) is 6.92 Å². The molecule has 0 unspecified atom stereocenters. The van der Waals surface area contributed by atoms with Crippen molar-refractivity contribution in [3.05, 3.63) is 63.3 Å². The second-order valence-corrected chi connectivity index (χ2v) is 8.67. The molecule has 3 aromatic rings. The Morgan fingerprint density at radius 1 is 1.25 bits per heavy atom. The van der Waals surface area contributed by atoms with Gasteiger partial charge in [-0.2, -0.15) is 0 Å². The smallest absolute Gasteiger partial charge is 0.270 e. The Labute approximate surface area is 186 Å². The zero-order valence-electron chi connectivity index (χ0n) is 18.4. The summed E-state index contributed by atoms with van der Waals surface area (Å²) in [6.45, 7) is 6.37. The number of amides is 1. The number of pyridine rings is 1. The van der Waals surface area contributed by atoms with Gasteiger partial charge in [0.15, 0.2) is 0 Å². The molecule has 3 heterocycles. The summed E-state index contributed by atoms with van der Waals surface area (Å²) in [5, 5.41) is 2.93. The van der Waals surface area contributed by atoms with Gasteiger partial charge in [0.05, 0.1) is 17.2 Å². The molecule has 2 N–H and O–H groups in total. The average Bonchev–Trinajstić information content (AvgIpc) is 3.58. The van der Waals surface area contributed by atoms with Crippen molar-refractivity contribution >= 4 is 16.9 Å². The maximum absolute atomic E-state index is 12.2. The van der Waals surface area contributed by atoms with Gasteiger partial charge in [0.1, 0.15) is 23.2 Å². The van der Waals surface area contributed by atoms with Crippen molar-refractivity contribution in [3.8, 4) is 5.75 Å². The minimum absolute atomic E-state index is 0.0947. The van der Waals surface area contributed by atoms with Crippen molar-refractivity contribution in [1.82, 2.24) is 25.2 Å². The standard InChI is InChI=1S/C24H27N5O3/c1-3-19-23(30)28-22-14(2)15(4-8-20(22)27-19)11-29-12-18(13-29)32-17-7-9-21(25-10-17)24(31)26-16-5-6-16/h4,7-10,16,18H,3,5-6,11-13H2,1-2H3,(H,26,31)(H,28,30). The highest BCUT2D eigenvalue weighted by molar-refractivity contribution is 5.92. The molecule has 5 rings (SSSR count). The Bertz CT molecular complexity index is 1210. The highest BCUT2D eigenvalue weighted by atomic mass is 16.5. The van der Waals surface area contributed by atoms with Crippen molar-refractivity contribution in [2.24, 2.45) is 0 Å². The van der Waals surface area contributed by atoms with Crippen LogP contribution in [0.2, 0.25) is 0 Å². The van der Waals surface area contributed by atoms with Crippen LogP contribution >= 0.6 is 0 Å². The highest BCUT2D eigenvalue weighted by Crippen LogP contribution is 2.24. The van der Waals surface area contributed by atoms with Crippen LogP contribution in [0.3, 0.4) is 0 Å². The van der Waals surface area contributed by atoms with Crippen molar-refractivity contribution in [1.29, 1.82) is 0 Å². The van der Waals surface area contributed by atoms with E-state index in [0.717, 1.165) is 49.1 Å². The summed E-state index contributed by atoms with van der Waals surface area (Å²) in [6, 6.07) is 7.90. The van der Waals surface area contributed by atoms with Crippen LogP contribution in [0.1, 0.15) is 47.1 Å². The zero-order chi connectivity index (χ0) is 22.2. The Hall–Kier alpha value is -3.26. The van der Waals surface area contributed by atoms with E-state index in [1.165, 1.54) is 5.56 Å². The third kappa shape index (κ3) is 4.23. The molecule has 2 aliphatic rings. The number of aryl methyl sites for hydroxylation is 2. The van der Waals surface area contributed by atoms with E-state index in [-0.39, 0.29) is 17.6 Å².